The quantitative estimate of drug-likeness (QED) is 0.789. The van der Waals surface area contributed by atoms with E-state index in [1.165, 1.54) is 19.3 Å². The van der Waals surface area contributed by atoms with Gasteiger partial charge >= 0.3 is 0 Å². The molecule has 0 spiro atoms. The minimum absolute atomic E-state index is 0.0574. The SMILES string of the molecule is CCCCC(CC)CNC(=O)c1ccc(O)c(C)c1. The van der Waals surface area contributed by atoms with Crippen LogP contribution in [-0.4, -0.2) is 17.6 Å². The Morgan fingerprint density at radius 1 is 1.37 bits per heavy atom. The molecular formula is C16H25NO2. The van der Waals surface area contributed by atoms with E-state index in [1.807, 2.05) is 0 Å². The minimum Gasteiger partial charge on any atom is -0.508 e. The van der Waals surface area contributed by atoms with Crippen LogP contribution in [0.5, 0.6) is 5.75 Å². The molecule has 1 rings (SSSR count). The van der Waals surface area contributed by atoms with Crippen molar-refractivity contribution in [3.05, 3.63) is 29.3 Å². The highest BCUT2D eigenvalue weighted by atomic mass is 16.3. The molecule has 1 aromatic carbocycles. The standard InChI is InChI=1S/C16H25NO2/c1-4-6-7-13(5-2)11-17-16(19)14-8-9-15(18)12(3)10-14/h8-10,13,18H,4-7,11H2,1-3H3,(H,17,19). The molecule has 2 N–H and O–H groups in total. The Morgan fingerprint density at radius 3 is 2.68 bits per heavy atom. The predicted octanol–water partition coefficient (Wildman–Crippen LogP) is 3.65. The van der Waals surface area contributed by atoms with Crippen molar-refractivity contribution in [2.45, 2.75) is 46.5 Å². The summed E-state index contributed by atoms with van der Waals surface area (Å²) in [5.74, 6) is 0.728. The van der Waals surface area contributed by atoms with Gasteiger partial charge in [-0.2, -0.15) is 0 Å². The van der Waals surface area contributed by atoms with Gasteiger partial charge in [-0.25, -0.2) is 0 Å². The fraction of sp³-hybridized carbons (Fsp3) is 0.562. The smallest absolute Gasteiger partial charge is 0.251 e. The summed E-state index contributed by atoms with van der Waals surface area (Å²) in [5.41, 5.74) is 1.34. The normalized spacial score (nSPS) is 12.2. The van der Waals surface area contributed by atoms with Gasteiger partial charge in [0.15, 0.2) is 0 Å². The van der Waals surface area contributed by atoms with E-state index in [0.717, 1.165) is 18.5 Å². The average Bonchev–Trinajstić information content (AvgIpc) is 2.41. The summed E-state index contributed by atoms with van der Waals surface area (Å²) in [5, 5.41) is 12.4. The molecule has 3 heteroatoms. The van der Waals surface area contributed by atoms with Crippen molar-refractivity contribution < 1.29 is 9.90 Å². The highest BCUT2D eigenvalue weighted by Gasteiger charge is 2.10. The van der Waals surface area contributed by atoms with E-state index >= 15 is 0 Å². The number of benzene rings is 1. The Labute approximate surface area is 116 Å². The summed E-state index contributed by atoms with van der Waals surface area (Å²) in [6, 6.07) is 4.95. The molecule has 0 heterocycles. The fourth-order valence-corrected chi connectivity index (χ4v) is 2.08. The first-order valence-corrected chi connectivity index (χ1v) is 7.16. The molecule has 1 unspecified atom stereocenters. The number of rotatable bonds is 7. The van der Waals surface area contributed by atoms with Crippen molar-refractivity contribution in [3.8, 4) is 5.75 Å². The predicted molar refractivity (Wildman–Crippen MR) is 78.5 cm³/mol. The molecule has 0 fully saturated rings. The van der Waals surface area contributed by atoms with E-state index in [4.69, 9.17) is 0 Å². The Kier molecular flexibility index (Phi) is 6.40. The van der Waals surface area contributed by atoms with Crippen LogP contribution in [0.2, 0.25) is 0 Å². The van der Waals surface area contributed by atoms with Crippen LogP contribution in [-0.2, 0) is 0 Å². The van der Waals surface area contributed by atoms with Crippen LogP contribution in [0.1, 0.15) is 55.5 Å². The van der Waals surface area contributed by atoms with Crippen LogP contribution in [0.25, 0.3) is 0 Å². The molecule has 106 valence electrons. The minimum atomic E-state index is -0.0574. The lowest BCUT2D eigenvalue weighted by atomic mass is 9.99. The first-order chi connectivity index (χ1) is 9.08. The van der Waals surface area contributed by atoms with E-state index in [2.05, 4.69) is 19.2 Å². The maximum absolute atomic E-state index is 12.0. The molecular weight excluding hydrogens is 238 g/mol. The number of carbonyl (C=O) groups excluding carboxylic acids is 1. The second kappa shape index (κ2) is 7.82. The van der Waals surface area contributed by atoms with Gasteiger partial charge in [-0.15, -0.1) is 0 Å². The van der Waals surface area contributed by atoms with Gasteiger partial charge in [0.1, 0.15) is 5.75 Å². The third-order valence-corrected chi connectivity index (χ3v) is 3.55. The van der Waals surface area contributed by atoms with Crippen LogP contribution < -0.4 is 5.32 Å². The molecule has 0 bridgehead atoms. The lowest BCUT2D eigenvalue weighted by molar-refractivity contribution is 0.0945. The zero-order chi connectivity index (χ0) is 14.3. The lowest BCUT2D eigenvalue weighted by Crippen LogP contribution is -2.29. The number of hydrogen-bond donors (Lipinski definition) is 2. The van der Waals surface area contributed by atoms with Crippen molar-refractivity contribution in [1.82, 2.24) is 5.32 Å². The zero-order valence-corrected chi connectivity index (χ0v) is 12.2. The molecule has 1 atom stereocenters. The number of unbranched alkanes of at least 4 members (excludes halogenated alkanes) is 1. The first kappa shape index (κ1) is 15.5. The van der Waals surface area contributed by atoms with E-state index in [0.29, 0.717) is 11.5 Å². The zero-order valence-electron chi connectivity index (χ0n) is 12.2. The van der Waals surface area contributed by atoms with Gasteiger partial charge in [0, 0.05) is 12.1 Å². The summed E-state index contributed by atoms with van der Waals surface area (Å²) in [6.45, 7) is 6.87. The number of phenolic OH excluding ortho intramolecular Hbond substituents is 1. The molecule has 0 radical (unpaired) electrons. The highest BCUT2D eigenvalue weighted by Crippen LogP contribution is 2.17. The fourth-order valence-electron chi connectivity index (χ4n) is 2.08. The van der Waals surface area contributed by atoms with Crippen molar-refractivity contribution in [1.29, 1.82) is 0 Å². The second-order valence-corrected chi connectivity index (χ2v) is 5.13. The number of aryl methyl sites for hydroxylation is 1. The highest BCUT2D eigenvalue weighted by molar-refractivity contribution is 5.94. The van der Waals surface area contributed by atoms with Gasteiger partial charge in [-0.3, -0.25) is 4.79 Å². The van der Waals surface area contributed by atoms with E-state index < -0.39 is 0 Å². The van der Waals surface area contributed by atoms with Crippen LogP contribution >= 0.6 is 0 Å². The molecule has 0 saturated carbocycles. The van der Waals surface area contributed by atoms with Crippen molar-refractivity contribution in [2.24, 2.45) is 5.92 Å². The molecule has 1 amide bonds. The molecule has 3 nitrogen and oxygen atoms in total. The van der Waals surface area contributed by atoms with E-state index in [9.17, 15) is 9.90 Å². The number of amides is 1. The maximum Gasteiger partial charge on any atom is 0.251 e. The third-order valence-electron chi connectivity index (χ3n) is 3.55. The Bertz CT molecular complexity index is 415. The summed E-state index contributed by atoms with van der Waals surface area (Å²) in [4.78, 5) is 12.0. The van der Waals surface area contributed by atoms with Gasteiger partial charge in [-0.1, -0.05) is 33.1 Å². The largest absolute Gasteiger partial charge is 0.508 e. The lowest BCUT2D eigenvalue weighted by Gasteiger charge is -2.15. The molecule has 1 aromatic rings. The van der Waals surface area contributed by atoms with Gasteiger partial charge in [-0.05, 0) is 43.0 Å². The molecule has 0 aliphatic heterocycles. The number of phenols is 1. The monoisotopic (exact) mass is 263 g/mol. The van der Waals surface area contributed by atoms with Crippen LogP contribution in [0.3, 0.4) is 0 Å². The maximum atomic E-state index is 12.0. The first-order valence-electron chi connectivity index (χ1n) is 7.16. The Morgan fingerprint density at radius 2 is 2.11 bits per heavy atom. The summed E-state index contributed by atoms with van der Waals surface area (Å²) < 4.78 is 0. The number of hydrogen-bond acceptors (Lipinski definition) is 2. The summed E-state index contributed by atoms with van der Waals surface area (Å²) in [7, 11) is 0. The number of nitrogens with one attached hydrogen (secondary N) is 1. The van der Waals surface area contributed by atoms with Crippen LogP contribution in [0, 0.1) is 12.8 Å². The summed E-state index contributed by atoms with van der Waals surface area (Å²) in [6.07, 6.45) is 4.67. The third kappa shape index (κ3) is 4.93. The Hall–Kier alpha value is -1.51. The number of carbonyl (C=O) groups is 1. The average molecular weight is 263 g/mol. The van der Waals surface area contributed by atoms with E-state index in [1.54, 1.807) is 25.1 Å². The van der Waals surface area contributed by atoms with Crippen molar-refractivity contribution in [2.75, 3.05) is 6.54 Å². The molecule has 0 aromatic heterocycles. The topological polar surface area (TPSA) is 49.3 Å². The van der Waals surface area contributed by atoms with Gasteiger partial charge < -0.3 is 10.4 Å². The second-order valence-electron chi connectivity index (χ2n) is 5.13. The van der Waals surface area contributed by atoms with Crippen molar-refractivity contribution >= 4 is 5.91 Å². The Balaban J connectivity index is 2.52. The molecule has 0 aliphatic rings. The van der Waals surface area contributed by atoms with Gasteiger partial charge in [0.05, 0.1) is 0 Å². The van der Waals surface area contributed by atoms with Gasteiger partial charge in [0.2, 0.25) is 0 Å². The molecule has 19 heavy (non-hydrogen) atoms. The van der Waals surface area contributed by atoms with Gasteiger partial charge in [0.25, 0.3) is 5.91 Å². The van der Waals surface area contributed by atoms with Crippen LogP contribution in [0.4, 0.5) is 0 Å². The number of aromatic hydroxyl groups is 1. The van der Waals surface area contributed by atoms with E-state index in [-0.39, 0.29) is 11.7 Å². The molecule has 0 saturated heterocycles. The van der Waals surface area contributed by atoms with Crippen molar-refractivity contribution in [3.63, 3.8) is 0 Å². The summed E-state index contributed by atoms with van der Waals surface area (Å²) >= 11 is 0. The van der Waals surface area contributed by atoms with Crippen LogP contribution in [0.15, 0.2) is 18.2 Å². The molecule has 0 aliphatic carbocycles.